The highest BCUT2D eigenvalue weighted by Gasteiger charge is 2.14. The van der Waals surface area contributed by atoms with Crippen molar-refractivity contribution in [2.75, 3.05) is 19.5 Å². The van der Waals surface area contributed by atoms with Gasteiger partial charge >= 0.3 is 0 Å². The first-order chi connectivity index (χ1) is 9.15. The highest BCUT2D eigenvalue weighted by atomic mass is 19.1. The molecule has 0 aliphatic rings. The van der Waals surface area contributed by atoms with Crippen LogP contribution in [0.5, 0.6) is 17.4 Å². The van der Waals surface area contributed by atoms with Crippen LogP contribution in [-0.4, -0.2) is 24.1 Å². The lowest BCUT2D eigenvalue weighted by molar-refractivity contribution is 0.367. The summed E-state index contributed by atoms with van der Waals surface area (Å²) in [7, 11) is 3.20. The summed E-state index contributed by atoms with van der Waals surface area (Å²) < 4.78 is 24.0. The first-order valence-electron chi connectivity index (χ1n) is 5.66. The number of benzene rings is 1. The lowest BCUT2D eigenvalue weighted by Crippen LogP contribution is -2.01. The van der Waals surface area contributed by atoms with Crippen LogP contribution in [0.2, 0.25) is 0 Å². The van der Waals surface area contributed by atoms with Crippen molar-refractivity contribution in [1.82, 2.24) is 9.97 Å². The zero-order chi connectivity index (χ0) is 13.8. The first-order valence-corrected chi connectivity index (χ1v) is 5.66. The van der Waals surface area contributed by atoms with Crippen LogP contribution >= 0.6 is 0 Å². The Morgan fingerprint density at radius 3 is 2.74 bits per heavy atom. The SMILES string of the molecule is CNc1ncnc(Oc2cc(F)ccc2C)c1OC. The van der Waals surface area contributed by atoms with E-state index in [9.17, 15) is 4.39 Å². The number of anilines is 1. The highest BCUT2D eigenvalue weighted by Crippen LogP contribution is 2.35. The molecule has 1 aromatic carbocycles. The molecule has 0 radical (unpaired) electrons. The number of aryl methyl sites for hydroxylation is 1. The zero-order valence-electron chi connectivity index (χ0n) is 10.9. The molecule has 0 unspecified atom stereocenters. The van der Waals surface area contributed by atoms with E-state index in [1.807, 2.05) is 6.92 Å². The van der Waals surface area contributed by atoms with Gasteiger partial charge in [0.15, 0.2) is 5.82 Å². The minimum absolute atomic E-state index is 0.232. The summed E-state index contributed by atoms with van der Waals surface area (Å²) in [5.74, 6) is 1.12. The maximum atomic E-state index is 13.2. The Hall–Kier alpha value is -2.37. The second-order valence-electron chi connectivity index (χ2n) is 3.82. The van der Waals surface area contributed by atoms with Crippen molar-refractivity contribution >= 4 is 5.82 Å². The summed E-state index contributed by atoms with van der Waals surface area (Å²) in [4.78, 5) is 8.01. The van der Waals surface area contributed by atoms with Gasteiger partial charge in [0.2, 0.25) is 5.75 Å². The topological polar surface area (TPSA) is 56.3 Å². The highest BCUT2D eigenvalue weighted by molar-refractivity contribution is 5.55. The molecule has 0 spiro atoms. The number of methoxy groups -OCH3 is 1. The van der Waals surface area contributed by atoms with E-state index >= 15 is 0 Å². The van der Waals surface area contributed by atoms with Gasteiger partial charge in [-0.1, -0.05) is 6.07 Å². The van der Waals surface area contributed by atoms with E-state index in [1.54, 1.807) is 13.1 Å². The molecule has 6 heteroatoms. The number of hydrogen-bond acceptors (Lipinski definition) is 5. The molecule has 2 rings (SSSR count). The summed E-state index contributed by atoms with van der Waals surface area (Å²) in [5.41, 5.74) is 0.799. The number of halogens is 1. The van der Waals surface area contributed by atoms with Gasteiger partial charge in [0.1, 0.15) is 17.9 Å². The molecule has 0 fully saturated rings. The quantitative estimate of drug-likeness (QED) is 0.919. The third kappa shape index (κ3) is 2.73. The second kappa shape index (κ2) is 5.51. The molecule has 0 aliphatic carbocycles. The molecule has 5 nitrogen and oxygen atoms in total. The number of hydrogen-bond donors (Lipinski definition) is 1. The lowest BCUT2D eigenvalue weighted by atomic mass is 10.2. The van der Waals surface area contributed by atoms with Crippen molar-refractivity contribution in [1.29, 1.82) is 0 Å². The van der Waals surface area contributed by atoms with E-state index in [0.717, 1.165) is 5.56 Å². The molecular weight excluding hydrogens is 249 g/mol. The summed E-state index contributed by atoms with van der Waals surface area (Å²) in [6.45, 7) is 1.82. The number of nitrogens with one attached hydrogen (secondary N) is 1. The Labute approximate surface area is 110 Å². The third-order valence-electron chi connectivity index (χ3n) is 2.57. The Morgan fingerprint density at radius 2 is 2.05 bits per heavy atom. The fourth-order valence-corrected chi connectivity index (χ4v) is 1.58. The normalized spacial score (nSPS) is 10.1. The number of rotatable bonds is 4. The Kier molecular flexibility index (Phi) is 3.79. The van der Waals surface area contributed by atoms with Crippen molar-refractivity contribution in [3.8, 4) is 17.4 Å². The van der Waals surface area contributed by atoms with E-state index in [4.69, 9.17) is 9.47 Å². The van der Waals surface area contributed by atoms with Gasteiger partial charge in [0, 0.05) is 13.1 Å². The molecule has 2 aromatic rings. The number of ether oxygens (including phenoxy) is 2. The molecule has 1 heterocycles. The van der Waals surface area contributed by atoms with Crippen molar-refractivity contribution < 1.29 is 13.9 Å². The van der Waals surface area contributed by atoms with Crippen molar-refractivity contribution in [3.63, 3.8) is 0 Å². The Morgan fingerprint density at radius 1 is 1.26 bits per heavy atom. The predicted octanol–water partition coefficient (Wildman–Crippen LogP) is 2.77. The van der Waals surface area contributed by atoms with Crippen LogP contribution in [0.25, 0.3) is 0 Å². The molecule has 100 valence electrons. The molecule has 0 aliphatic heterocycles. The van der Waals surface area contributed by atoms with Crippen LogP contribution in [0.3, 0.4) is 0 Å². The van der Waals surface area contributed by atoms with Crippen LogP contribution in [0, 0.1) is 12.7 Å². The molecule has 1 N–H and O–H groups in total. The van der Waals surface area contributed by atoms with Gasteiger partial charge in [-0.25, -0.2) is 9.37 Å². The Balaban J connectivity index is 2.40. The summed E-state index contributed by atoms with van der Waals surface area (Å²) >= 11 is 0. The standard InChI is InChI=1S/C13H14FN3O2/c1-8-4-5-9(14)6-10(8)19-13-11(18-3)12(15-2)16-7-17-13/h4-7H,1-3H3,(H,15,16,17). The van der Waals surface area contributed by atoms with Crippen molar-refractivity contribution in [3.05, 3.63) is 35.9 Å². The summed E-state index contributed by atoms with van der Waals surface area (Å²) in [5, 5.41) is 2.87. The average molecular weight is 263 g/mol. The minimum atomic E-state index is -0.373. The maximum Gasteiger partial charge on any atom is 0.268 e. The van der Waals surface area contributed by atoms with Crippen LogP contribution in [0.4, 0.5) is 10.2 Å². The first kappa shape index (κ1) is 13.1. The van der Waals surface area contributed by atoms with E-state index in [-0.39, 0.29) is 11.7 Å². The fourth-order valence-electron chi connectivity index (χ4n) is 1.58. The maximum absolute atomic E-state index is 13.2. The Bertz CT molecular complexity index is 590. The van der Waals surface area contributed by atoms with Gasteiger partial charge in [-0.05, 0) is 18.6 Å². The van der Waals surface area contributed by atoms with Crippen LogP contribution in [-0.2, 0) is 0 Å². The summed E-state index contributed by atoms with van der Waals surface area (Å²) in [6, 6.07) is 4.31. The zero-order valence-corrected chi connectivity index (χ0v) is 10.9. The minimum Gasteiger partial charge on any atom is -0.489 e. The van der Waals surface area contributed by atoms with E-state index < -0.39 is 0 Å². The predicted molar refractivity (Wildman–Crippen MR) is 69.3 cm³/mol. The molecule has 0 saturated heterocycles. The molecule has 0 atom stereocenters. The second-order valence-corrected chi connectivity index (χ2v) is 3.82. The van der Waals surface area contributed by atoms with E-state index in [1.165, 1.54) is 25.6 Å². The van der Waals surface area contributed by atoms with Gasteiger partial charge in [0.05, 0.1) is 7.11 Å². The number of aromatic nitrogens is 2. The smallest absolute Gasteiger partial charge is 0.268 e. The molecule has 1 aromatic heterocycles. The third-order valence-corrected chi connectivity index (χ3v) is 2.57. The molecule has 19 heavy (non-hydrogen) atoms. The van der Waals surface area contributed by atoms with E-state index in [2.05, 4.69) is 15.3 Å². The van der Waals surface area contributed by atoms with Gasteiger partial charge in [0.25, 0.3) is 5.88 Å². The largest absolute Gasteiger partial charge is 0.489 e. The van der Waals surface area contributed by atoms with Gasteiger partial charge in [-0.2, -0.15) is 4.98 Å². The lowest BCUT2D eigenvalue weighted by Gasteiger charge is -2.12. The molecule has 0 bridgehead atoms. The van der Waals surface area contributed by atoms with Gasteiger partial charge in [-0.15, -0.1) is 0 Å². The van der Waals surface area contributed by atoms with Crippen LogP contribution in [0.15, 0.2) is 24.5 Å². The molecular formula is C13H14FN3O2. The summed E-state index contributed by atoms with van der Waals surface area (Å²) in [6.07, 6.45) is 1.35. The van der Waals surface area contributed by atoms with Gasteiger partial charge < -0.3 is 14.8 Å². The van der Waals surface area contributed by atoms with Crippen molar-refractivity contribution in [2.45, 2.75) is 6.92 Å². The van der Waals surface area contributed by atoms with Gasteiger partial charge in [-0.3, -0.25) is 0 Å². The molecule has 0 amide bonds. The van der Waals surface area contributed by atoms with Crippen LogP contribution < -0.4 is 14.8 Å². The van der Waals surface area contributed by atoms with E-state index in [0.29, 0.717) is 17.3 Å². The fraction of sp³-hybridized carbons (Fsp3) is 0.231. The van der Waals surface area contributed by atoms with Crippen molar-refractivity contribution in [2.24, 2.45) is 0 Å². The van der Waals surface area contributed by atoms with Crippen LogP contribution in [0.1, 0.15) is 5.56 Å². The average Bonchev–Trinajstić information content (AvgIpc) is 2.42. The molecule has 0 saturated carbocycles. The monoisotopic (exact) mass is 263 g/mol. The number of nitrogens with zero attached hydrogens (tertiary/aromatic N) is 2.